The Labute approximate surface area is 166 Å². The average molecular weight is 427 g/mol. The van der Waals surface area contributed by atoms with Gasteiger partial charge in [0, 0.05) is 5.56 Å². The van der Waals surface area contributed by atoms with Gasteiger partial charge in [-0.3, -0.25) is 4.79 Å². The number of carbonyl (C=O) groups is 1. The largest absolute Gasteiger partial charge is 0.493 e. The molecule has 0 aliphatic rings. The first-order valence-electron chi connectivity index (χ1n) is 8.45. The topological polar surface area (TPSA) is 59.9 Å². The zero-order valence-electron chi connectivity index (χ0n) is 15.0. The molecule has 5 nitrogen and oxygen atoms in total. The van der Waals surface area contributed by atoms with Crippen LogP contribution in [0, 0.1) is 0 Å². The summed E-state index contributed by atoms with van der Waals surface area (Å²) >= 11 is 3.47. The monoisotopic (exact) mass is 426 g/mol. The van der Waals surface area contributed by atoms with E-state index >= 15 is 0 Å². The predicted molar refractivity (Wildman–Crippen MR) is 111 cm³/mol. The summed E-state index contributed by atoms with van der Waals surface area (Å²) in [5.41, 5.74) is 3.92. The first-order chi connectivity index (χ1) is 13.1. The van der Waals surface area contributed by atoms with E-state index in [9.17, 15) is 4.79 Å². The smallest absolute Gasteiger partial charge is 0.271 e. The highest BCUT2D eigenvalue weighted by Crippen LogP contribution is 2.36. The first kappa shape index (κ1) is 18.9. The Bertz CT molecular complexity index is 997. The zero-order chi connectivity index (χ0) is 19.2. The molecule has 0 atom stereocenters. The van der Waals surface area contributed by atoms with Gasteiger partial charge in [0.2, 0.25) is 0 Å². The Morgan fingerprint density at radius 3 is 2.74 bits per heavy atom. The van der Waals surface area contributed by atoms with Gasteiger partial charge in [-0.25, -0.2) is 5.43 Å². The van der Waals surface area contributed by atoms with Crippen LogP contribution in [-0.2, 0) is 0 Å². The minimum Gasteiger partial charge on any atom is -0.493 e. The molecule has 0 heterocycles. The van der Waals surface area contributed by atoms with Crippen molar-refractivity contribution in [1.82, 2.24) is 5.43 Å². The van der Waals surface area contributed by atoms with Crippen molar-refractivity contribution in [1.29, 1.82) is 0 Å². The number of hydrazone groups is 1. The van der Waals surface area contributed by atoms with Gasteiger partial charge in [-0.15, -0.1) is 0 Å². The maximum Gasteiger partial charge on any atom is 0.271 e. The lowest BCUT2D eigenvalue weighted by atomic mass is 10.0. The van der Waals surface area contributed by atoms with Gasteiger partial charge in [-0.2, -0.15) is 5.10 Å². The maximum atomic E-state index is 12.5. The number of amides is 1. The Morgan fingerprint density at radius 1 is 1.19 bits per heavy atom. The lowest BCUT2D eigenvalue weighted by molar-refractivity contribution is 0.0957. The molecule has 0 radical (unpaired) electrons. The molecule has 3 aromatic carbocycles. The van der Waals surface area contributed by atoms with Crippen LogP contribution in [0.1, 0.15) is 22.8 Å². The summed E-state index contributed by atoms with van der Waals surface area (Å²) in [5.74, 6) is 0.963. The average Bonchev–Trinajstić information content (AvgIpc) is 2.69. The number of nitrogens with one attached hydrogen (secondary N) is 1. The number of hydrogen-bond acceptors (Lipinski definition) is 4. The van der Waals surface area contributed by atoms with Crippen LogP contribution < -0.4 is 14.9 Å². The molecule has 3 rings (SSSR count). The molecule has 0 aromatic heterocycles. The van der Waals surface area contributed by atoms with Crippen molar-refractivity contribution in [2.24, 2.45) is 5.10 Å². The van der Waals surface area contributed by atoms with E-state index in [0.717, 1.165) is 20.8 Å². The summed E-state index contributed by atoms with van der Waals surface area (Å²) in [6, 6.07) is 17.0. The highest BCUT2D eigenvalue weighted by atomic mass is 79.9. The number of carbonyl (C=O) groups excluding carboxylic acids is 1. The first-order valence-corrected chi connectivity index (χ1v) is 9.24. The fourth-order valence-electron chi connectivity index (χ4n) is 2.75. The summed E-state index contributed by atoms with van der Waals surface area (Å²) < 4.78 is 11.7. The zero-order valence-corrected chi connectivity index (χ0v) is 16.6. The summed E-state index contributed by atoms with van der Waals surface area (Å²) in [4.78, 5) is 12.5. The Morgan fingerprint density at radius 2 is 1.96 bits per heavy atom. The van der Waals surface area contributed by atoms with Crippen molar-refractivity contribution in [3.63, 3.8) is 0 Å². The number of fused-ring (bicyclic) bond motifs is 1. The normalized spacial score (nSPS) is 10.9. The number of benzene rings is 3. The number of rotatable bonds is 6. The van der Waals surface area contributed by atoms with Crippen molar-refractivity contribution < 1.29 is 14.3 Å². The van der Waals surface area contributed by atoms with Crippen molar-refractivity contribution in [2.45, 2.75) is 6.92 Å². The number of halogens is 1. The predicted octanol–water partition coefficient (Wildman–Crippen LogP) is 4.77. The van der Waals surface area contributed by atoms with Crippen LogP contribution in [0.25, 0.3) is 10.8 Å². The summed E-state index contributed by atoms with van der Waals surface area (Å²) in [7, 11) is 1.58. The van der Waals surface area contributed by atoms with Crippen LogP contribution in [0.15, 0.2) is 64.2 Å². The molecule has 1 N–H and O–H groups in total. The lowest BCUT2D eigenvalue weighted by Gasteiger charge is -2.12. The van der Waals surface area contributed by atoms with Crippen molar-refractivity contribution in [2.75, 3.05) is 13.7 Å². The Kier molecular flexibility index (Phi) is 6.08. The molecule has 1 amide bonds. The number of hydrogen-bond donors (Lipinski definition) is 1. The van der Waals surface area contributed by atoms with Crippen LogP contribution in [0.4, 0.5) is 0 Å². The third kappa shape index (κ3) is 4.28. The van der Waals surface area contributed by atoms with E-state index in [1.165, 1.54) is 0 Å². The van der Waals surface area contributed by atoms with Gasteiger partial charge in [0.25, 0.3) is 5.91 Å². The third-order valence-electron chi connectivity index (χ3n) is 3.95. The minimum absolute atomic E-state index is 0.264. The number of ether oxygens (including phenoxy) is 2. The standard InChI is InChI=1S/C21H19BrN2O3/c1-3-27-20-18(22)11-14(12-19(20)26-2)13-23-24-21(25)17-10-6-8-15-7-4-5-9-16(15)17/h4-13H,3H2,1-2H3,(H,24,25)/b23-13-. The maximum absolute atomic E-state index is 12.5. The minimum atomic E-state index is -0.264. The Hall–Kier alpha value is -2.86. The molecule has 0 bridgehead atoms. The van der Waals surface area contributed by atoms with Gasteiger partial charge >= 0.3 is 0 Å². The molecule has 0 aliphatic carbocycles. The molecule has 0 unspecified atom stereocenters. The van der Waals surface area contributed by atoms with E-state index in [4.69, 9.17) is 9.47 Å². The third-order valence-corrected chi connectivity index (χ3v) is 4.54. The molecule has 3 aromatic rings. The van der Waals surface area contributed by atoms with E-state index in [1.807, 2.05) is 49.4 Å². The molecule has 0 saturated carbocycles. The summed E-state index contributed by atoms with van der Waals surface area (Å²) in [6.45, 7) is 2.44. The van der Waals surface area contributed by atoms with Crippen LogP contribution in [-0.4, -0.2) is 25.8 Å². The molecule has 0 fully saturated rings. The van der Waals surface area contributed by atoms with Gasteiger partial charge < -0.3 is 9.47 Å². The van der Waals surface area contributed by atoms with E-state index in [1.54, 1.807) is 25.5 Å². The number of methoxy groups -OCH3 is 1. The molecule has 138 valence electrons. The Balaban J connectivity index is 1.79. The van der Waals surface area contributed by atoms with Crippen LogP contribution in [0.5, 0.6) is 11.5 Å². The second-order valence-electron chi connectivity index (χ2n) is 5.69. The van der Waals surface area contributed by atoms with E-state index in [0.29, 0.717) is 23.7 Å². The highest BCUT2D eigenvalue weighted by molar-refractivity contribution is 9.10. The molecule has 0 spiro atoms. The van der Waals surface area contributed by atoms with Gasteiger partial charge in [0.1, 0.15) is 0 Å². The molecule has 6 heteroatoms. The van der Waals surface area contributed by atoms with Crippen molar-refractivity contribution in [3.05, 3.63) is 70.2 Å². The molecule has 0 saturated heterocycles. The quantitative estimate of drug-likeness (QED) is 0.455. The SMILES string of the molecule is CCOc1c(Br)cc(/C=N\NC(=O)c2cccc3ccccc23)cc1OC. The van der Waals surface area contributed by atoms with Gasteiger partial charge in [0.15, 0.2) is 11.5 Å². The molecular weight excluding hydrogens is 408 g/mol. The number of nitrogens with zero attached hydrogens (tertiary/aromatic N) is 1. The fraction of sp³-hybridized carbons (Fsp3) is 0.143. The van der Waals surface area contributed by atoms with E-state index in [2.05, 4.69) is 26.5 Å². The van der Waals surface area contributed by atoms with Crippen molar-refractivity contribution >= 4 is 38.8 Å². The summed E-state index contributed by atoms with van der Waals surface area (Å²) in [5, 5.41) is 5.97. The second-order valence-corrected chi connectivity index (χ2v) is 6.55. The van der Waals surface area contributed by atoms with E-state index in [-0.39, 0.29) is 5.91 Å². The fourth-order valence-corrected chi connectivity index (χ4v) is 3.32. The second kappa shape index (κ2) is 8.68. The van der Waals surface area contributed by atoms with Gasteiger partial charge in [-0.1, -0.05) is 36.4 Å². The van der Waals surface area contributed by atoms with Gasteiger partial charge in [0.05, 0.1) is 24.4 Å². The van der Waals surface area contributed by atoms with Crippen LogP contribution in [0.3, 0.4) is 0 Å². The van der Waals surface area contributed by atoms with E-state index < -0.39 is 0 Å². The van der Waals surface area contributed by atoms with Crippen molar-refractivity contribution in [3.8, 4) is 11.5 Å². The van der Waals surface area contributed by atoms with Crippen LogP contribution in [0.2, 0.25) is 0 Å². The highest BCUT2D eigenvalue weighted by Gasteiger charge is 2.11. The van der Waals surface area contributed by atoms with Gasteiger partial charge in [-0.05, 0) is 57.4 Å². The lowest BCUT2D eigenvalue weighted by Crippen LogP contribution is -2.17. The molecular formula is C21H19BrN2O3. The van der Waals surface area contributed by atoms with Crippen LogP contribution >= 0.6 is 15.9 Å². The molecule has 0 aliphatic heterocycles. The molecule has 27 heavy (non-hydrogen) atoms. The summed E-state index contributed by atoms with van der Waals surface area (Å²) in [6.07, 6.45) is 1.56.